The summed E-state index contributed by atoms with van der Waals surface area (Å²) in [6.07, 6.45) is 0. The van der Waals surface area contributed by atoms with Gasteiger partial charge in [0.2, 0.25) is 0 Å². The van der Waals surface area contributed by atoms with Crippen molar-refractivity contribution in [2.75, 3.05) is 4.90 Å². The average Bonchev–Trinajstić information content (AvgIpc) is 3.72. The summed E-state index contributed by atoms with van der Waals surface area (Å²) >= 11 is 1.89. The molecule has 62 heavy (non-hydrogen) atoms. The minimum absolute atomic E-state index is 1.11. The Morgan fingerprint density at radius 3 is 1.66 bits per heavy atom. The Balaban J connectivity index is 1.06. The second-order valence-corrected chi connectivity index (χ2v) is 17.5. The molecule has 0 bridgehead atoms. The molecule has 0 fully saturated rings. The van der Waals surface area contributed by atoms with Crippen molar-refractivity contribution in [1.29, 1.82) is 0 Å². The number of nitrogens with zero attached hydrogens (tertiary/aromatic N) is 1. The maximum absolute atomic E-state index is 2.47. The first-order valence-corrected chi connectivity index (χ1v) is 22.1. The molecule has 0 aliphatic rings. The molecule has 0 radical (unpaired) electrons. The smallest absolute Gasteiger partial charge is 0.0474 e. The highest BCUT2D eigenvalue weighted by Gasteiger charge is 2.20. The summed E-state index contributed by atoms with van der Waals surface area (Å²) in [6.45, 7) is 0. The van der Waals surface area contributed by atoms with Gasteiger partial charge in [-0.15, -0.1) is 11.3 Å². The summed E-state index contributed by atoms with van der Waals surface area (Å²) < 4.78 is 2.63. The quantitative estimate of drug-likeness (QED) is 0.157. The van der Waals surface area contributed by atoms with Gasteiger partial charge in [0.25, 0.3) is 0 Å². The summed E-state index contributed by atoms with van der Waals surface area (Å²) in [6, 6.07) is 83.3. The van der Waals surface area contributed by atoms with E-state index < -0.39 is 0 Å². The molecule has 0 aliphatic heterocycles. The van der Waals surface area contributed by atoms with Crippen molar-refractivity contribution in [1.82, 2.24) is 0 Å². The van der Waals surface area contributed by atoms with Gasteiger partial charge in [0.1, 0.15) is 0 Å². The molecule has 0 atom stereocenters. The van der Waals surface area contributed by atoms with Crippen LogP contribution in [0.3, 0.4) is 0 Å². The van der Waals surface area contributed by atoms with Crippen molar-refractivity contribution in [3.05, 3.63) is 224 Å². The lowest BCUT2D eigenvalue weighted by Gasteiger charge is -2.27. The molecule has 12 aromatic carbocycles. The standard InChI is InChI=1S/C60H37NS/c1-5-17-48-39(12-1)16-11-23-53(48)57-37-47(33-41-14-3-7-19-50(41)57)61(46-29-31-59-58(36-46)55-30-27-40-13-2-8-20-51(40)60(55)62-59)45-28-26-38-24-25-43(32-44(38)34-45)56-35-42-15-4-6-18-49(42)52-21-9-10-22-54(52)56/h1-37H. The minimum atomic E-state index is 1.11. The van der Waals surface area contributed by atoms with Crippen molar-refractivity contribution in [2.45, 2.75) is 0 Å². The Kier molecular flexibility index (Phi) is 7.85. The minimum Gasteiger partial charge on any atom is -0.310 e. The Hall–Kier alpha value is -7.78. The van der Waals surface area contributed by atoms with E-state index in [0.29, 0.717) is 0 Å². The molecule has 0 spiro atoms. The Bertz CT molecular complexity index is 3940. The molecule has 0 N–H and O–H groups in total. The van der Waals surface area contributed by atoms with Crippen LogP contribution in [0.1, 0.15) is 0 Å². The van der Waals surface area contributed by atoms with E-state index in [0.717, 1.165) is 17.1 Å². The van der Waals surface area contributed by atoms with Crippen LogP contribution in [0.25, 0.3) is 107 Å². The summed E-state index contributed by atoms with van der Waals surface area (Å²) in [7, 11) is 0. The number of rotatable bonds is 5. The second-order valence-electron chi connectivity index (χ2n) is 16.5. The largest absolute Gasteiger partial charge is 0.310 e. The molecular formula is C60H37NS. The van der Waals surface area contributed by atoms with Gasteiger partial charge in [-0.2, -0.15) is 0 Å². The molecule has 13 rings (SSSR count). The molecule has 13 aromatic rings. The number of thiophene rings is 1. The molecule has 2 heteroatoms. The van der Waals surface area contributed by atoms with Crippen molar-refractivity contribution in [2.24, 2.45) is 0 Å². The highest BCUT2D eigenvalue weighted by atomic mass is 32.1. The highest BCUT2D eigenvalue weighted by Crippen LogP contribution is 2.46. The van der Waals surface area contributed by atoms with Crippen LogP contribution in [-0.4, -0.2) is 0 Å². The molecule has 0 unspecified atom stereocenters. The first-order valence-electron chi connectivity index (χ1n) is 21.3. The van der Waals surface area contributed by atoms with Gasteiger partial charge >= 0.3 is 0 Å². The van der Waals surface area contributed by atoms with Gasteiger partial charge in [0, 0.05) is 37.2 Å². The van der Waals surface area contributed by atoms with Gasteiger partial charge in [-0.05, 0) is 141 Å². The number of hydrogen-bond acceptors (Lipinski definition) is 2. The first-order chi connectivity index (χ1) is 30.7. The van der Waals surface area contributed by atoms with E-state index in [4.69, 9.17) is 0 Å². The van der Waals surface area contributed by atoms with Gasteiger partial charge < -0.3 is 4.90 Å². The summed E-state index contributed by atoms with van der Waals surface area (Å²) in [4.78, 5) is 2.47. The van der Waals surface area contributed by atoms with Gasteiger partial charge in [0.05, 0.1) is 0 Å². The third-order valence-corrected chi connectivity index (χ3v) is 14.2. The number of anilines is 3. The van der Waals surface area contributed by atoms with E-state index in [1.807, 2.05) is 11.3 Å². The lowest BCUT2D eigenvalue weighted by molar-refractivity contribution is 1.30. The molecule has 1 heterocycles. The zero-order valence-electron chi connectivity index (χ0n) is 33.7. The van der Waals surface area contributed by atoms with E-state index in [9.17, 15) is 0 Å². The number of benzene rings is 12. The zero-order valence-corrected chi connectivity index (χ0v) is 34.5. The second kappa shape index (κ2) is 13.9. The fourth-order valence-corrected chi connectivity index (χ4v) is 11.2. The van der Waals surface area contributed by atoms with E-state index in [-0.39, 0.29) is 0 Å². The Morgan fingerprint density at radius 1 is 0.258 bits per heavy atom. The predicted octanol–water partition coefficient (Wildman–Crippen LogP) is 17.8. The van der Waals surface area contributed by atoms with Crippen LogP contribution >= 0.6 is 11.3 Å². The molecule has 0 saturated heterocycles. The summed E-state index contributed by atoms with van der Waals surface area (Å²) in [5.41, 5.74) is 8.28. The van der Waals surface area contributed by atoms with Crippen LogP contribution in [0.5, 0.6) is 0 Å². The first kappa shape index (κ1) is 35.0. The van der Waals surface area contributed by atoms with Crippen LogP contribution < -0.4 is 4.90 Å². The van der Waals surface area contributed by atoms with Crippen molar-refractivity contribution < 1.29 is 0 Å². The van der Waals surface area contributed by atoms with Crippen molar-refractivity contribution in [3.8, 4) is 22.3 Å². The van der Waals surface area contributed by atoms with Crippen molar-refractivity contribution >= 4 is 113 Å². The molecule has 1 aromatic heterocycles. The molecule has 0 aliphatic carbocycles. The van der Waals surface area contributed by atoms with Crippen LogP contribution in [-0.2, 0) is 0 Å². The molecular weight excluding hydrogens is 767 g/mol. The van der Waals surface area contributed by atoms with Crippen LogP contribution in [0, 0.1) is 0 Å². The van der Waals surface area contributed by atoms with E-state index >= 15 is 0 Å². The van der Waals surface area contributed by atoms with E-state index in [1.54, 1.807) is 0 Å². The maximum atomic E-state index is 2.47. The fourth-order valence-electron chi connectivity index (χ4n) is 10.0. The monoisotopic (exact) mass is 803 g/mol. The predicted molar refractivity (Wildman–Crippen MR) is 270 cm³/mol. The van der Waals surface area contributed by atoms with E-state index in [1.165, 1.54) is 107 Å². The number of fused-ring (bicyclic) bond motifs is 11. The van der Waals surface area contributed by atoms with Gasteiger partial charge in [-0.25, -0.2) is 0 Å². The van der Waals surface area contributed by atoms with Gasteiger partial charge in [-0.1, -0.05) is 170 Å². The SMILES string of the molecule is c1ccc2c(-c3cc(N(c4ccc5ccc(-c6cc7ccccc7c7ccccc67)cc5c4)c4ccc5sc6c7ccccc7ccc6c5c4)cc4ccccc34)cccc2c1. The van der Waals surface area contributed by atoms with E-state index in [2.05, 4.69) is 229 Å². The Morgan fingerprint density at radius 2 is 0.839 bits per heavy atom. The molecule has 0 saturated carbocycles. The van der Waals surface area contributed by atoms with Crippen molar-refractivity contribution in [3.63, 3.8) is 0 Å². The molecule has 1 nitrogen and oxygen atoms in total. The van der Waals surface area contributed by atoms with Crippen LogP contribution in [0.4, 0.5) is 17.1 Å². The lowest BCUT2D eigenvalue weighted by Crippen LogP contribution is -2.10. The van der Waals surface area contributed by atoms with Crippen LogP contribution in [0.2, 0.25) is 0 Å². The van der Waals surface area contributed by atoms with Crippen LogP contribution in [0.15, 0.2) is 224 Å². The summed E-state index contributed by atoms with van der Waals surface area (Å²) in [5.74, 6) is 0. The topological polar surface area (TPSA) is 3.24 Å². The fraction of sp³-hybridized carbons (Fsp3) is 0. The third-order valence-electron chi connectivity index (χ3n) is 12.9. The van der Waals surface area contributed by atoms with Gasteiger partial charge in [0.15, 0.2) is 0 Å². The average molecular weight is 804 g/mol. The normalized spacial score (nSPS) is 11.9. The maximum Gasteiger partial charge on any atom is 0.0474 e. The summed E-state index contributed by atoms with van der Waals surface area (Å²) in [5, 5.41) is 17.6. The Labute approximate surface area is 363 Å². The highest BCUT2D eigenvalue weighted by molar-refractivity contribution is 7.26. The third kappa shape index (κ3) is 5.54. The number of hydrogen-bond donors (Lipinski definition) is 0. The molecule has 0 amide bonds. The zero-order chi connectivity index (χ0) is 40.7. The lowest BCUT2D eigenvalue weighted by atomic mass is 9.92. The van der Waals surface area contributed by atoms with Gasteiger partial charge in [-0.3, -0.25) is 0 Å². The molecule has 288 valence electrons.